The van der Waals surface area contributed by atoms with Crippen LogP contribution in [0.3, 0.4) is 0 Å². The van der Waals surface area contributed by atoms with Crippen LogP contribution in [0.25, 0.3) is 10.8 Å². The smallest absolute Gasteiger partial charge is 0.253 e. The van der Waals surface area contributed by atoms with Gasteiger partial charge in [-0.05, 0) is 35.7 Å². The molecule has 0 bridgehead atoms. The maximum Gasteiger partial charge on any atom is 0.253 e. The number of rotatable bonds is 2. The van der Waals surface area contributed by atoms with Gasteiger partial charge in [0.05, 0.1) is 0 Å². The Labute approximate surface area is 101 Å². The van der Waals surface area contributed by atoms with Gasteiger partial charge < -0.3 is 4.90 Å². The fourth-order valence-electron chi connectivity index (χ4n) is 2.15. The van der Waals surface area contributed by atoms with Gasteiger partial charge in [0.1, 0.15) is 0 Å². The topological polar surface area (TPSA) is 20.3 Å². The van der Waals surface area contributed by atoms with Gasteiger partial charge in [-0.1, -0.05) is 30.3 Å². The maximum absolute atomic E-state index is 12.2. The van der Waals surface area contributed by atoms with E-state index in [1.165, 1.54) is 5.39 Å². The molecule has 17 heavy (non-hydrogen) atoms. The third kappa shape index (κ3) is 1.91. The molecule has 86 valence electrons. The lowest BCUT2D eigenvalue weighted by Gasteiger charge is -2.16. The fourth-order valence-corrected chi connectivity index (χ4v) is 2.15. The van der Waals surface area contributed by atoms with Crippen LogP contribution in [-0.4, -0.2) is 23.9 Å². The molecule has 0 atom stereocenters. The summed E-state index contributed by atoms with van der Waals surface area (Å²) in [6.45, 7) is 0. The zero-order valence-corrected chi connectivity index (χ0v) is 9.89. The molecule has 0 heterocycles. The molecule has 0 N–H and O–H groups in total. The lowest BCUT2D eigenvalue weighted by molar-refractivity contribution is 0.0785. The monoisotopic (exact) mass is 225 g/mol. The molecule has 3 rings (SSSR count). The van der Waals surface area contributed by atoms with Crippen LogP contribution >= 0.6 is 0 Å². The SMILES string of the molecule is CN(C(=O)c1ccc2ccccc2c1)C1CC1. The molecule has 0 unspecified atom stereocenters. The van der Waals surface area contributed by atoms with E-state index in [0.29, 0.717) is 6.04 Å². The average molecular weight is 225 g/mol. The highest BCUT2D eigenvalue weighted by molar-refractivity contribution is 5.98. The van der Waals surface area contributed by atoms with Crippen molar-refractivity contribution in [3.63, 3.8) is 0 Å². The zero-order valence-electron chi connectivity index (χ0n) is 9.89. The summed E-state index contributed by atoms with van der Waals surface area (Å²) in [5.74, 6) is 0.137. The molecule has 0 saturated heterocycles. The lowest BCUT2D eigenvalue weighted by Crippen LogP contribution is -2.28. The molecule has 0 spiro atoms. The summed E-state index contributed by atoms with van der Waals surface area (Å²) < 4.78 is 0. The lowest BCUT2D eigenvalue weighted by atomic mass is 10.1. The van der Waals surface area contributed by atoms with Crippen LogP contribution in [0.5, 0.6) is 0 Å². The number of amides is 1. The Bertz CT molecular complexity index is 572. The molecule has 2 heteroatoms. The Morgan fingerprint density at radius 1 is 1.12 bits per heavy atom. The maximum atomic E-state index is 12.2. The third-order valence-corrected chi connectivity index (χ3v) is 3.41. The molecule has 1 fully saturated rings. The van der Waals surface area contributed by atoms with E-state index in [2.05, 4.69) is 6.07 Å². The van der Waals surface area contributed by atoms with Crippen molar-refractivity contribution in [2.24, 2.45) is 0 Å². The van der Waals surface area contributed by atoms with Crippen LogP contribution in [0.1, 0.15) is 23.2 Å². The van der Waals surface area contributed by atoms with Crippen molar-refractivity contribution in [3.8, 4) is 0 Å². The molecule has 0 radical (unpaired) electrons. The molecule has 0 aliphatic heterocycles. The minimum Gasteiger partial charge on any atom is -0.339 e. The number of hydrogen-bond donors (Lipinski definition) is 0. The Hall–Kier alpha value is -1.83. The van der Waals surface area contributed by atoms with Crippen molar-refractivity contribution >= 4 is 16.7 Å². The van der Waals surface area contributed by atoms with E-state index in [-0.39, 0.29) is 5.91 Å². The number of carbonyl (C=O) groups excluding carboxylic acids is 1. The van der Waals surface area contributed by atoms with E-state index in [1.54, 1.807) is 0 Å². The minimum atomic E-state index is 0.137. The summed E-state index contributed by atoms with van der Waals surface area (Å²) in [6.07, 6.45) is 2.30. The highest BCUT2D eigenvalue weighted by Gasteiger charge is 2.29. The normalized spacial score (nSPS) is 14.9. The molecule has 1 saturated carbocycles. The van der Waals surface area contributed by atoms with Gasteiger partial charge in [0, 0.05) is 18.7 Å². The molecule has 1 amide bonds. The van der Waals surface area contributed by atoms with Crippen molar-refractivity contribution in [2.45, 2.75) is 18.9 Å². The second-order valence-electron chi connectivity index (χ2n) is 4.71. The van der Waals surface area contributed by atoms with Crippen LogP contribution in [0.4, 0.5) is 0 Å². The second kappa shape index (κ2) is 3.88. The van der Waals surface area contributed by atoms with Gasteiger partial charge >= 0.3 is 0 Å². The van der Waals surface area contributed by atoms with E-state index in [0.717, 1.165) is 23.8 Å². The number of carbonyl (C=O) groups is 1. The Morgan fingerprint density at radius 2 is 1.82 bits per heavy atom. The van der Waals surface area contributed by atoms with Gasteiger partial charge in [0.25, 0.3) is 5.91 Å². The van der Waals surface area contributed by atoms with Gasteiger partial charge in [-0.25, -0.2) is 0 Å². The van der Waals surface area contributed by atoms with Gasteiger partial charge in [-0.15, -0.1) is 0 Å². The largest absolute Gasteiger partial charge is 0.339 e. The molecule has 0 aromatic heterocycles. The summed E-state index contributed by atoms with van der Waals surface area (Å²) in [5.41, 5.74) is 0.790. The Kier molecular flexibility index (Phi) is 2.36. The van der Waals surface area contributed by atoms with Crippen LogP contribution in [0, 0.1) is 0 Å². The Morgan fingerprint density at radius 3 is 2.53 bits per heavy atom. The van der Waals surface area contributed by atoms with E-state index in [1.807, 2.05) is 48.3 Å². The van der Waals surface area contributed by atoms with Crippen molar-refractivity contribution < 1.29 is 4.79 Å². The molecule has 2 nitrogen and oxygen atoms in total. The van der Waals surface area contributed by atoms with Crippen molar-refractivity contribution in [3.05, 3.63) is 48.0 Å². The highest BCUT2D eigenvalue weighted by Crippen LogP contribution is 2.27. The quantitative estimate of drug-likeness (QED) is 0.769. The number of hydrogen-bond acceptors (Lipinski definition) is 1. The van der Waals surface area contributed by atoms with Gasteiger partial charge in [0.15, 0.2) is 0 Å². The predicted molar refractivity (Wildman–Crippen MR) is 69.1 cm³/mol. The van der Waals surface area contributed by atoms with E-state index >= 15 is 0 Å². The van der Waals surface area contributed by atoms with Crippen molar-refractivity contribution in [1.82, 2.24) is 4.90 Å². The standard InChI is InChI=1S/C15H15NO/c1-16(14-8-9-14)15(17)13-7-6-11-4-2-3-5-12(11)10-13/h2-7,10,14H,8-9H2,1H3. The van der Waals surface area contributed by atoms with Crippen molar-refractivity contribution in [2.75, 3.05) is 7.05 Å². The first-order chi connectivity index (χ1) is 8.25. The molecular weight excluding hydrogens is 210 g/mol. The molecular formula is C15H15NO. The summed E-state index contributed by atoms with van der Waals surface area (Å²) in [5, 5.41) is 2.31. The summed E-state index contributed by atoms with van der Waals surface area (Å²) >= 11 is 0. The Balaban J connectivity index is 1.97. The van der Waals surface area contributed by atoms with Crippen LogP contribution in [-0.2, 0) is 0 Å². The first kappa shape index (κ1) is 10.3. The zero-order chi connectivity index (χ0) is 11.8. The number of benzene rings is 2. The first-order valence-corrected chi connectivity index (χ1v) is 6.02. The highest BCUT2D eigenvalue weighted by atomic mass is 16.2. The van der Waals surface area contributed by atoms with E-state index < -0.39 is 0 Å². The van der Waals surface area contributed by atoms with E-state index in [9.17, 15) is 4.79 Å². The fraction of sp³-hybridized carbons (Fsp3) is 0.267. The second-order valence-corrected chi connectivity index (χ2v) is 4.71. The average Bonchev–Trinajstić information content (AvgIpc) is 3.21. The summed E-state index contributed by atoms with van der Waals surface area (Å²) in [6, 6.07) is 14.5. The summed E-state index contributed by atoms with van der Waals surface area (Å²) in [7, 11) is 1.90. The first-order valence-electron chi connectivity index (χ1n) is 6.02. The molecule has 1 aliphatic carbocycles. The van der Waals surface area contributed by atoms with Crippen LogP contribution in [0.2, 0.25) is 0 Å². The minimum absolute atomic E-state index is 0.137. The van der Waals surface area contributed by atoms with E-state index in [4.69, 9.17) is 0 Å². The van der Waals surface area contributed by atoms with Gasteiger partial charge in [0.2, 0.25) is 0 Å². The van der Waals surface area contributed by atoms with Crippen LogP contribution < -0.4 is 0 Å². The molecule has 2 aromatic rings. The predicted octanol–water partition coefficient (Wildman–Crippen LogP) is 3.07. The number of fused-ring (bicyclic) bond motifs is 1. The molecule has 2 aromatic carbocycles. The number of nitrogens with zero attached hydrogens (tertiary/aromatic N) is 1. The van der Waals surface area contributed by atoms with Gasteiger partial charge in [-0.2, -0.15) is 0 Å². The molecule has 1 aliphatic rings. The van der Waals surface area contributed by atoms with Crippen LogP contribution in [0.15, 0.2) is 42.5 Å². The van der Waals surface area contributed by atoms with Crippen molar-refractivity contribution in [1.29, 1.82) is 0 Å². The van der Waals surface area contributed by atoms with Gasteiger partial charge in [-0.3, -0.25) is 4.79 Å². The third-order valence-electron chi connectivity index (χ3n) is 3.41. The summed E-state index contributed by atoms with van der Waals surface area (Å²) in [4.78, 5) is 14.1.